The van der Waals surface area contributed by atoms with Crippen LogP contribution in [0.15, 0.2) is 71.6 Å². The van der Waals surface area contributed by atoms with Gasteiger partial charge in [0.25, 0.3) is 0 Å². The van der Waals surface area contributed by atoms with Crippen LogP contribution in [0.5, 0.6) is 0 Å². The van der Waals surface area contributed by atoms with Gasteiger partial charge in [0, 0.05) is 6.54 Å². The first-order valence-electron chi connectivity index (χ1n) is 9.53. The zero-order valence-electron chi connectivity index (χ0n) is 17.1. The van der Waals surface area contributed by atoms with Gasteiger partial charge in [0.05, 0.1) is 27.2 Å². The van der Waals surface area contributed by atoms with Crippen LogP contribution in [0.25, 0.3) is 0 Å². The molecule has 0 aliphatic carbocycles. The molecule has 8 heteroatoms. The van der Waals surface area contributed by atoms with E-state index in [-0.39, 0.29) is 23.0 Å². The van der Waals surface area contributed by atoms with Crippen LogP contribution >= 0.6 is 23.2 Å². The van der Waals surface area contributed by atoms with E-state index in [0.717, 1.165) is 21.0 Å². The molecule has 3 rings (SSSR count). The number of aryl methyl sites for hydroxylation is 2. The quantitative estimate of drug-likeness (QED) is 0.493. The first-order valence-corrected chi connectivity index (χ1v) is 11.7. The summed E-state index contributed by atoms with van der Waals surface area (Å²) < 4.78 is 27.8. The predicted molar refractivity (Wildman–Crippen MR) is 125 cm³/mol. The Labute approximate surface area is 192 Å². The van der Waals surface area contributed by atoms with Crippen molar-refractivity contribution < 1.29 is 13.2 Å². The highest BCUT2D eigenvalue weighted by molar-refractivity contribution is 7.89. The molecule has 3 aromatic carbocycles. The summed E-state index contributed by atoms with van der Waals surface area (Å²) in [6.07, 6.45) is 0. The number of amides is 1. The highest BCUT2D eigenvalue weighted by Crippen LogP contribution is 2.29. The van der Waals surface area contributed by atoms with Gasteiger partial charge in [0.2, 0.25) is 15.9 Å². The van der Waals surface area contributed by atoms with Crippen LogP contribution in [0, 0.1) is 13.8 Å². The third-order valence-electron chi connectivity index (χ3n) is 4.65. The third-order valence-corrected chi connectivity index (χ3v) is 7.27. The second-order valence-corrected chi connectivity index (χ2v) is 9.95. The minimum atomic E-state index is -3.92. The SMILES string of the molecule is Cc1ccc(S(=O)(=O)N(CC(=O)Nc2cccc(Cl)c2Cl)Cc2cccc(C)c2)cc1. The van der Waals surface area contributed by atoms with Crippen LogP contribution in [0.1, 0.15) is 16.7 Å². The van der Waals surface area contributed by atoms with Crippen molar-refractivity contribution >= 4 is 44.8 Å². The van der Waals surface area contributed by atoms with E-state index in [1.807, 2.05) is 38.1 Å². The van der Waals surface area contributed by atoms with Crippen molar-refractivity contribution in [2.24, 2.45) is 0 Å². The number of hydrogen-bond acceptors (Lipinski definition) is 3. The second-order valence-electron chi connectivity index (χ2n) is 7.22. The van der Waals surface area contributed by atoms with Gasteiger partial charge in [-0.25, -0.2) is 8.42 Å². The van der Waals surface area contributed by atoms with E-state index in [0.29, 0.717) is 10.7 Å². The summed E-state index contributed by atoms with van der Waals surface area (Å²) >= 11 is 12.1. The summed E-state index contributed by atoms with van der Waals surface area (Å²) in [4.78, 5) is 12.9. The molecule has 0 spiro atoms. The minimum Gasteiger partial charge on any atom is -0.324 e. The van der Waals surface area contributed by atoms with Crippen molar-refractivity contribution in [2.45, 2.75) is 25.3 Å². The summed E-state index contributed by atoms with van der Waals surface area (Å²) in [6.45, 7) is 3.47. The molecular formula is C23H22Cl2N2O3S. The Morgan fingerprint density at radius 1 is 0.935 bits per heavy atom. The molecule has 0 heterocycles. The van der Waals surface area contributed by atoms with Crippen molar-refractivity contribution in [1.29, 1.82) is 0 Å². The highest BCUT2D eigenvalue weighted by atomic mass is 35.5. The van der Waals surface area contributed by atoms with E-state index in [9.17, 15) is 13.2 Å². The van der Waals surface area contributed by atoms with Gasteiger partial charge in [-0.05, 0) is 43.7 Å². The molecule has 0 bridgehead atoms. The number of nitrogens with one attached hydrogen (secondary N) is 1. The van der Waals surface area contributed by atoms with Crippen molar-refractivity contribution in [2.75, 3.05) is 11.9 Å². The van der Waals surface area contributed by atoms with E-state index in [1.54, 1.807) is 42.5 Å². The van der Waals surface area contributed by atoms with E-state index in [1.165, 1.54) is 0 Å². The number of anilines is 1. The maximum atomic E-state index is 13.3. The number of carbonyl (C=O) groups excluding carboxylic acids is 1. The van der Waals surface area contributed by atoms with E-state index < -0.39 is 15.9 Å². The fourth-order valence-corrected chi connectivity index (χ4v) is 4.78. The first kappa shape index (κ1) is 23.3. The number of rotatable bonds is 7. The molecular weight excluding hydrogens is 455 g/mol. The van der Waals surface area contributed by atoms with Gasteiger partial charge in [-0.2, -0.15) is 4.31 Å². The summed E-state index contributed by atoms with van der Waals surface area (Å²) in [7, 11) is -3.92. The van der Waals surface area contributed by atoms with Crippen molar-refractivity contribution in [3.8, 4) is 0 Å². The van der Waals surface area contributed by atoms with Crippen LogP contribution in [-0.2, 0) is 21.4 Å². The third kappa shape index (κ3) is 5.86. The standard InChI is InChI=1S/C23H22Cl2N2O3S/c1-16-9-11-19(12-10-16)31(29,30)27(14-18-6-3-5-17(2)13-18)15-22(28)26-21-8-4-7-20(24)23(21)25/h3-13H,14-15H2,1-2H3,(H,26,28). The van der Waals surface area contributed by atoms with E-state index in [2.05, 4.69) is 5.32 Å². The molecule has 3 aromatic rings. The Morgan fingerprint density at radius 3 is 2.29 bits per heavy atom. The Kier molecular flexibility index (Phi) is 7.38. The molecule has 0 saturated heterocycles. The van der Waals surface area contributed by atoms with Gasteiger partial charge in [-0.1, -0.05) is 76.8 Å². The molecule has 0 fully saturated rings. The van der Waals surface area contributed by atoms with Gasteiger partial charge in [-0.15, -0.1) is 0 Å². The minimum absolute atomic E-state index is 0.0502. The average Bonchev–Trinajstić information content (AvgIpc) is 2.71. The molecule has 0 aliphatic heterocycles. The van der Waals surface area contributed by atoms with Gasteiger partial charge in [0.1, 0.15) is 0 Å². The molecule has 5 nitrogen and oxygen atoms in total. The van der Waals surface area contributed by atoms with Crippen molar-refractivity contribution in [1.82, 2.24) is 4.31 Å². The van der Waals surface area contributed by atoms with Crippen LogP contribution in [-0.4, -0.2) is 25.2 Å². The first-order chi connectivity index (χ1) is 14.7. The van der Waals surface area contributed by atoms with Gasteiger partial charge >= 0.3 is 0 Å². The molecule has 162 valence electrons. The fourth-order valence-electron chi connectivity index (χ4n) is 3.05. The van der Waals surface area contributed by atoms with E-state index >= 15 is 0 Å². The topological polar surface area (TPSA) is 66.5 Å². The molecule has 0 aliphatic rings. The molecule has 0 saturated carbocycles. The normalized spacial score (nSPS) is 11.5. The summed E-state index contributed by atoms with van der Waals surface area (Å²) in [5, 5.41) is 3.14. The highest BCUT2D eigenvalue weighted by Gasteiger charge is 2.27. The Hall–Kier alpha value is -2.38. The Morgan fingerprint density at radius 2 is 1.61 bits per heavy atom. The van der Waals surface area contributed by atoms with Gasteiger partial charge in [-0.3, -0.25) is 4.79 Å². The van der Waals surface area contributed by atoms with Crippen LogP contribution in [0.4, 0.5) is 5.69 Å². The Bertz CT molecular complexity index is 1200. The van der Waals surface area contributed by atoms with E-state index in [4.69, 9.17) is 23.2 Å². The maximum absolute atomic E-state index is 13.3. The lowest BCUT2D eigenvalue weighted by molar-refractivity contribution is -0.116. The van der Waals surface area contributed by atoms with Crippen LogP contribution in [0.2, 0.25) is 10.0 Å². The van der Waals surface area contributed by atoms with Gasteiger partial charge < -0.3 is 5.32 Å². The maximum Gasteiger partial charge on any atom is 0.243 e. The zero-order chi connectivity index (χ0) is 22.6. The molecule has 31 heavy (non-hydrogen) atoms. The van der Waals surface area contributed by atoms with Crippen LogP contribution < -0.4 is 5.32 Å². The number of carbonyl (C=O) groups is 1. The lowest BCUT2D eigenvalue weighted by Gasteiger charge is -2.22. The predicted octanol–water partition coefficient (Wildman–Crippen LogP) is 5.44. The molecule has 1 N–H and O–H groups in total. The summed E-state index contributed by atoms with van der Waals surface area (Å²) in [5.74, 6) is -0.521. The van der Waals surface area contributed by atoms with Crippen molar-refractivity contribution in [3.63, 3.8) is 0 Å². The lowest BCUT2D eigenvalue weighted by atomic mass is 10.1. The lowest BCUT2D eigenvalue weighted by Crippen LogP contribution is -2.37. The molecule has 0 radical (unpaired) electrons. The van der Waals surface area contributed by atoms with Crippen LogP contribution in [0.3, 0.4) is 0 Å². The molecule has 0 aromatic heterocycles. The summed E-state index contributed by atoms with van der Waals surface area (Å²) in [6, 6.07) is 18.9. The number of nitrogens with zero attached hydrogens (tertiary/aromatic N) is 1. The fraction of sp³-hybridized carbons (Fsp3) is 0.174. The zero-order valence-corrected chi connectivity index (χ0v) is 19.4. The average molecular weight is 477 g/mol. The number of benzene rings is 3. The Balaban J connectivity index is 1.90. The largest absolute Gasteiger partial charge is 0.324 e. The number of sulfonamides is 1. The summed E-state index contributed by atoms with van der Waals surface area (Å²) in [5.41, 5.74) is 3.05. The molecule has 0 unspecified atom stereocenters. The smallest absolute Gasteiger partial charge is 0.243 e. The van der Waals surface area contributed by atoms with Crippen molar-refractivity contribution in [3.05, 3.63) is 93.5 Å². The monoisotopic (exact) mass is 476 g/mol. The molecule has 1 amide bonds. The van der Waals surface area contributed by atoms with Gasteiger partial charge in [0.15, 0.2) is 0 Å². The second kappa shape index (κ2) is 9.83. The molecule has 0 atom stereocenters. The number of hydrogen-bond donors (Lipinski definition) is 1. The number of halogens is 2.